The van der Waals surface area contributed by atoms with Crippen LogP contribution in [-0.4, -0.2) is 35.1 Å². The lowest BCUT2D eigenvalue weighted by Crippen LogP contribution is -2.42. The molecule has 0 bridgehead atoms. The predicted octanol–water partition coefficient (Wildman–Crippen LogP) is 2.73. The molecule has 1 aliphatic heterocycles. The van der Waals surface area contributed by atoms with Crippen LogP contribution < -0.4 is 4.74 Å². The Balaban J connectivity index is 1.64. The summed E-state index contributed by atoms with van der Waals surface area (Å²) in [6.07, 6.45) is 1.15. The number of aliphatic hydroxyl groups is 1. The van der Waals surface area contributed by atoms with Gasteiger partial charge in [0.1, 0.15) is 12.4 Å². The highest BCUT2D eigenvalue weighted by atomic mass is 16.5. The molecule has 1 heterocycles. The van der Waals surface area contributed by atoms with Gasteiger partial charge in [0.15, 0.2) is 0 Å². The van der Waals surface area contributed by atoms with Gasteiger partial charge in [-0.05, 0) is 54.8 Å². The van der Waals surface area contributed by atoms with Gasteiger partial charge in [-0.1, -0.05) is 12.1 Å². The molecule has 1 amide bonds. The fourth-order valence-electron chi connectivity index (χ4n) is 2.91. The number of amides is 1. The van der Waals surface area contributed by atoms with Crippen LogP contribution in [0.25, 0.3) is 0 Å². The minimum atomic E-state index is -0.430. The van der Waals surface area contributed by atoms with Gasteiger partial charge in [-0.3, -0.25) is 4.79 Å². The van der Waals surface area contributed by atoms with E-state index in [4.69, 9.17) is 10.00 Å². The SMILES string of the molecule is N#Cc1ccc(OCc2cccc(C(=O)N3CCCC(O)C3)c2)cc1. The van der Waals surface area contributed by atoms with Gasteiger partial charge in [-0.2, -0.15) is 5.26 Å². The second kappa shape index (κ2) is 7.82. The first kappa shape index (κ1) is 17.0. The van der Waals surface area contributed by atoms with Crippen molar-refractivity contribution >= 4 is 5.91 Å². The first-order valence-electron chi connectivity index (χ1n) is 8.35. The normalized spacial score (nSPS) is 17.0. The van der Waals surface area contributed by atoms with E-state index in [1.54, 1.807) is 35.2 Å². The summed E-state index contributed by atoms with van der Waals surface area (Å²) in [5.41, 5.74) is 2.09. The summed E-state index contributed by atoms with van der Waals surface area (Å²) in [6, 6.07) is 16.3. The van der Waals surface area contributed by atoms with Crippen LogP contribution >= 0.6 is 0 Å². The van der Waals surface area contributed by atoms with Crippen LogP contribution in [0.4, 0.5) is 0 Å². The Morgan fingerprint density at radius 2 is 2.08 bits per heavy atom. The van der Waals surface area contributed by atoms with Crippen LogP contribution in [0.15, 0.2) is 48.5 Å². The predicted molar refractivity (Wildman–Crippen MR) is 93.1 cm³/mol. The molecule has 2 aromatic rings. The molecule has 2 aromatic carbocycles. The molecule has 1 unspecified atom stereocenters. The van der Waals surface area contributed by atoms with Gasteiger partial charge in [0.05, 0.1) is 17.7 Å². The summed E-state index contributed by atoms with van der Waals surface area (Å²) in [5, 5.41) is 18.5. The number of carbonyl (C=O) groups excluding carboxylic acids is 1. The number of nitrogens with zero attached hydrogens (tertiary/aromatic N) is 2. The average Bonchev–Trinajstić information content (AvgIpc) is 2.66. The van der Waals surface area contributed by atoms with E-state index in [0.717, 1.165) is 18.4 Å². The van der Waals surface area contributed by atoms with Crippen LogP contribution in [0.1, 0.15) is 34.3 Å². The standard InChI is InChI=1S/C20H20N2O3/c21-12-15-6-8-19(9-7-15)25-14-16-3-1-4-17(11-16)20(24)22-10-2-5-18(23)13-22/h1,3-4,6-9,11,18,23H,2,5,10,13-14H2. The molecule has 1 atom stereocenters. The first-order chi connectivity index (χ1) is 12.2. The maximum absolute atomic E-state index is 12.6. The highest BCUT2D eigenvalue weighted by molar-refractivity contribution is 5.94. The summed E-state index contributed by atoms with van der Waals surface area (Å²) < 4.78 is 5.71. The van der Waals surface area contributed by atoms with Gasteiger partial charge in [-0.25, -0.2) is 0 Å². The molecule has 5 nitrogen and oxygen atoms in total. The molecule has 128 valence electrons. The van der Waals surface area contributed by atoms with Crippen molar-refractivity contribution in [1.29, 1.82) is 5.26 Å². The van der Waals surface area contributed by atoms with E-state index in [0.29, 0.717) is 36.6 Å². The first-order valence-corrected chi connectivity index (χ1v) is 8.35. The molecule has 1 fully saturated rings. The third-order valence-corrected chi connectivity index (χ3v) is 4.25. The Morgan fingerprint density at radius 3 is 2.80 bits per heavy atom. The molecule has 0 saturated carbocycles. The van der Waals surface area contributed by atoms with E-state index in [2.05, 4.69) is 6.07 Å². The lowest BCUT2D eigenvalue weighted by molar-refractivity contribution is 0.0473. The summed E-state index contributed by atoms with van der Waals surface area (Å²) in [4.78, 5) is 14.3. The lowest BCUT2D eigenvalue weighted by atomic mass is 10.1. The van der Waals surface area contributed by atoms with Crippen molar-refractivity contribution in [3.8, 4) is 11.8 Å². The molecule has 0 spiro atoms. The van der Waals surface area contributed by atoms with Gasteiger partial charge in [0.2, 0.25) is 0 Å². The van der Waals surface area contributed by atoms with Crippen LogP contribution in [0.2, 0.25) is 0 Å². The van der Waals surface area contributed by atoms with E-state index in [1.807, 2.05) is 18.2 Å². The second-order valence-corrected chi connectivity index (χ2v) is 6.17. The van der Waals surface area contributed by atoms with E-state index < -0.39 is 6.10 Å². The Hall–Kier alpha value is -2.84. The number of piperidine rings is 1. The Bertz CT molecular complexity index is 780. The van der Waals surface area contributed by atoms with E-state index in [1.165, 1.54) is 0 Å². The molecule has 3 rings (SSSR count). The molecule has 1 N–H and O–H groups in total. The molecule has 5 heteroatoms. The third kappa shape index (κ3) is 4.37. The van der Waals surface area contributed by atoms with Gasteiger partial charge in [0.25, 0.3) is 5.91 Å². The fraction of sp³-hybridized carbons (Fsp3) is 0.300. The topological polar surface area (TPSA) is 73.6 Å². The Morgan fingerprint density at radius 1 is 1.28 bits per heavy atom. The van der Waals surface area contributed by atoms with E-state index >= 15 is 0 Å². The largest absolute Gasteiger partial charge is 0.489 e. The molecule has 0 radical (unpaired) electrons. The molecule has 1 aliphatic rings. The third-order valence-electron chi connectivity index (χ3n) is 4.25. The summed E-state index contributed by atoms with van der Waals surface area (Å²) in [5.74, 6) is 0.619. The monoisotopic (exact) mass is 336 g/mol. The van der Waals surface area contributed by atoms with Crippen molar-refractivity contribution < 1.29 is 14.6 Å². The molecular formula is C20H20N2O3. The zero-order valence-corrected chi connectivity index (χ0v) is 13.9. The number of ether oxygens (including phenoxy) is 1. The average molecular weight is 336 g/mol. The van der Waals surface area contributed by atoms with E-state index in [-0.39, 0.29) is 5.91 Å². The highest BCUT2D eigenvalue weighted by Crippen LogP contribution is 2.17. The summed E-state index contributed by atoms with van der Waals surface area (Å²) in [6.45, 7) is 1.42. The zero-order valence-electron chi connectivity index (χ0n) is 13.9. The number of nitriles is 1. The minimum Gasteiger partial charge on any atom is -0.489 e. The zero-order chi connectivity index (χ0) is 17.6. The lowest BCUT2D eigenvalue weighted by Gasteiger charge is -2.30. The van der Waals surface area contributed by atoms with Crippen LogP contribution in [0, 0.1) is 11.3 Å². The Labute approximate surface area is 147 Å². The quantitative estimate of drug-likeness (QED) is 0.932. The van der Waals surface area contributed by atoms with Crippen molar-refractivity contribution in [2.75, 3.05) is 13.1 Å². The number of β-amino-alcohol motifs (C(OH)–C–C–N with tert-alkyl or cyclic N) is 1. The minimum absolute atomic E-state index is 0.0565. The van der Waals surface area contributed by atoms with Crippen molar-refractivity contribution in [2.45, 2.75) is 25.6 Å². The van der Waals surface area contributed by atoms with Crippen molar-refractivity contribution in [1.82, 2.24) is 4.90 Å². The van der Waals surface area contributed by atoms with Gasteiger partial charge >= 0.3 is 0 Å². The molecule has 1 saturated heterocycles. The number of hydrogen-bond donors (Lipinski definition) is 1. The fourth-order valence-corrected chi connectivity index (χ4v) is 2.91. The van der Waals surface area contributed by atoms with Crippen molar-refractivity contribution in [3.63, 3.8) is 0 Å². The summed E-state index contributed by atoms with van der Waals surface area (Å²) >= 11 is 0. The maximum Gasteiger partial charge on any atom is 0.253 e. The summed E-state index contributed by atoms with van der Waals surface area (Å²) in [7, 11) is 0. The van der Waals surface area contributed by atoms with Crippen molar-refractivity contribution in [2.24, 2.45) is 0 Å². The number of hydrogen-bond acceptors (Lipinski definition) is 4. The second-order valence-electron chi connectivity index (χ2n) is 6.17. The number of likely N-dealkylation sites (tertiary alicyclic amines) is 1. The number of benzene rings is 2. The molecular weight excluding hydrogens is 316 g/mol. The number of aliphatic hydroxyl groups excluding tert-OH is 1. The molecule has 0 aliphatic carbocycles. The van der Waals surface area contributed by atoms with Gasteiger partial charge < -0.3 is 14.7 Å². The van der Waals surface area contributed by atoms with Crippen molar-refractivity contribution in [3.05, 3.63) is 65.2 Å². The van der Waals surface area contributed by atoms with E-state index in [9.17, 15) is 9.90 Å². The molecule has 0 aromatic heterocycles. The van der Waals surface area contributed by atoms with Gasteiger partial charge in [-0.15, -0.1) is 0 Å². The number of rotatable bonds is 4. The van der Waals surface area contributed by atoms with Crippen LogP contribution in [0.3, 0.4) is 0 Å². The molecule has 25 heavy (non-hydrogen) atoms. The Kier molecular flexibility index (Phi) is 5.32. The number of carbonyl (C=O) groups is 1. The van der Waals surface area contributed by atoms with Crippen LogP contribution in [-0.2, 0) is 6.61 Å². The maximum atomic E-state index is 12.6. The smallest absolute Gasteiger partial charge is 0.253 e. The highest BCUT2D eigenvalue weighted by Gasteiger charge is 2.23. The van der Waals surface area contributed by atoms with Gasteiger partial charge in [0, 0.05) is 18.7 Å². The van der Waals surface area contributed by atoms with Crippen LogP contribution in [0.5, 0.6) is 5.75 Å².